The van der Waals surface area contributed by atoms with Gasteiger partial charge in [0.1, 0.15) is 0 Å². The summed E-state index contributed by atoms with van der Waals surface area (Å²) in [4.78, 5) is 15.5. The minimum atomic E-state index is -0.134. The Morgan fingerprint density at radius 2 is 1.60 bits per heavy atom. The number of carbonyl (C=O) groups excluding carboxylic acids is 1. The lowest BCUT2D eigenvalue weighted by Gasteiger charge is -2.38. The molecule has 0 saturated carbocycles. The number of amides is 1. The number of nitrogen functional groups attached to an aromatic ring is 1. The summed E-state index contributed by atoms with van der Waals surface area (Å²) in [5, 5.41) is 7.36. The molecule has 6 heteroatoms. The molecule has 1 aliphatic rings. The number of anilines is 1. The first-order valence-corrected chi connectivity index (χ1v) is 12.2. The molecule has 0 atom stereocenters. The van der Waals surface area contributed by atoms with Crippen LogP contribution in [-0.4, -0.2) is 40.2 Å². The summed E-state index contributed by atoms with van der Waals surface area (Å²) >= 11 is 0. The SMILES string of the molecule is Nc1ccc(-n2cccn2)cc1C(=O)NCC1CCN(C(c2ccccc2)c2ccccc2)CC1. The fourth-order valence-corrected chi connectivity index (χ4v) is 4.94. The Morgan fingerprint density at radius 1 is 0.943 bits per heavy atom. The summed E-state index contributed by atoms with van der Waals surface area (Å²) in [6, 6.07) is 29.0. The third kappa shape index (κ3) is 5.28. The fraction of sp³-hybridized carbons (Fsp3) is 0.241. The van der Waals surface area contributed by atoms with Crippen LogP contribution in [0.5, 0.6) is 0 Å². The van der Waals surface area contributed by atoms with Crippen molar-refractivity contribution in [3.63, 3.8) is 0 Å². The second kappa shape index (κ2) is 10.6. The number of rotatable bonds is 7. The molecule has 0 spiro atoms. The van der Waals surface area contributed by atoms with E-state index in [1.54, 1.807) is 23.0 Å². The van der Waals surface area contributed by atoms with Crippen LogP contribution >= 0.6 is 0 Å². The van der Waals surface area contributed by atoms with Gasteiger partial charge in [0, 0.05) is 24.6 Å². The number of nitrogens with zero attached hydrogens (tertiary/aromatic N) is 3. The van der Waals surface area contributed by atoms with Gasteiger partial charge in [-0.15, -0.1) is 0 Å². The fourth-order valence-electron chi connectivity index (χ4n) is 4.94. The second-order valence-electron chi connectivity index (χ2n) is 9.14. The molecule has 4 aromatic rings. The zero-order valence-electron chi connectivity index (χ0n) is 19.8. The summed E-state index contributed by atoms with van der Waals surface area (Å²) in [5.41, 5.74) is 10.5. The highest BCUT2D eigenvalue weighted by Crippen LogP contribution is 2.32. The van der Waals surface area contributed by atoms with Gasteiger partial charge in [-0.25, -0.2) is 4.68 Å². The lowest BCUT2D eigenvalue weighted by Crippen LogP contribution is -2.40. The van der Waals surface area contributed by atoms with Crippen LogP contribution < -0.4 is 11.1 Å². The number of benzene rings is 3. The van der Waals surface area contributed by atoms with Gasteiger partial charge < -0.3 is 11.1 Å². The number of nitrogens with two attached hydrogens (primary N) is 1. The van der Waals surface area contributed by atoms with E-state index in [1.807, 2.05) is 18.3 Å². The van der Waals surface area contributed by atoms with E-state index in [-0.39, 0.29) is 11.9 Å². The highest BCUT2D eigenvalue weighted by atomic mass is 16.1. The van der Waals surface area contributed by atoms with Gasteiger partial charge in [-0.3, -0.25) is 9.69 Å². The van der Waals surface area contributed by atoms with Gasteiger partial charge in [0.05, 0.1) is 17.3 Å². The number of hydrogen-bond donors (Lipinski definition) is 2. The number of nitrogens with one attached hydrogen (secondary N) is 1. The predicted molar refractivity (Wildman–Crippen MR) is 139 cm³/mol. The molecule has 35 heavy (non-hydrogen) atoms. The molecule has 6 nitrogen and oxygen atoms in total. The third-order valence-electron chi connectivity index (χ3n) is 6.85. The number of likely N-dealkylation sites (tertiary alicyclic amines) is 1. The van der Waals surface area contributed by atoms with Crippen molar-refractivity contribution in [3.8, 4) is 5.69 Å². The van der Waals surface area contributed by atoms with Gasteiger partial charge in [0.15, 0.2) is 0 Å². The largest absolute Gasteiger partial charge is 0.398 e. The number of aromatic nitrogens is 2. The maximum absolute atomic E-state index is 12.9. The van der Waals surface area contributed by atoms with Gasteiger partial charge in [-0.2, -0.15) is 5.10 Å². The smallest absolute Gasteiger partial charge is 0.253 e. The van der Waals surface area contributed by atoms with Crippen molar-refractivity contribution < 1.29 is 4.79 Å². The molecule has 3 N–H and O–H groups in total. The third-order valence-corrected chi connectivity index (χ3v) is 6.85. The molecule has 1 fully saturated rings. The number of hydrogen-bond acceptors (Lipinski definition) is 4. The Labute approximate surface area is 206 Å². The average Bonchev–Trinajstić information content (AvgIpc) is 3.45. The average molecular weight is 466 g/mol. The summed E-state index contributed by atoms with van der Waals surface area (Å²) in [5.74, 6) is 0.309. The second-order valence-corrected chi connectivity index (χ2v) is 9.14. The van der Waals surface area contributed by atoms with Crippen LogP contribution in [0.15, 0.2) is 97.3 Å². The monoisotopic (exact) mass is 465 g/mol. The van der Waals surface area contributed by atoms with E-state index in [0.717, 1.165) is 31.6 Å². The van der Waals surface area contributed by atoms with Gasteiger partial charge in [0.25, 0.3) is 5.91 Å². The Kier molecular flexibility index (Phi) is 6.91. The zero-order valence-corrected chi connectivity index (χ0v) is 19.8. The van der Waals surface area contributed by atoms with Gasteiger partial charge in [0.2, 0.25) is 0 Å². The topological polar surface area (TPSA) is 76.2 Å². The Hall–Kier alpha value is -3.90. The van der Waals surface area contributed by atoms with E-state index in [9.17, 15) is 4.79 Å². The zero-order chi connectivity index (χ0) is 24.0. The molecule has 178 valence electrons. The molecular weight excluding hydrogens is 434 g/mol. The summed E-state index contributed by atoms with van der Waals surface area (Å²) in [6.07, 6.45) is 5.64. The molecule has 0 unspecified atom stereocenters. The standard InChI is InChI=1S/C29H31N5O/c30-27-13-12-25(34-17-7-16-32-34)20-26(27)29(35)31-21-22-14-18-33(19-15-22)28(23-8-3-1-4-9-23)24-10-5-2-6-11-24/h1-13,16-17,20,22,28H,14-15,18-19,21,30H2,(H,31,35). The van der Waals surface area contributed by atoms with Crippen molar-refractivity contribution in [2.45, 2.75) is 18.9 Å². The van der Waals surface area contributed by atoms with E-state index in [1.165, 1.54) is 11.1 Å². The Balaban J connectivity index is 1.21. The maximum Gasteiger partial charge on any atom is 0.253 e. The lowest BCUT2D eigenvalue weighted by molar-refractivity contribution is 0.0931. The van der Waals surface area contributed by atoms with Crippen LogP contribution in [0.2, 0.25) is 0 Å². The predicted octanol–water partition coefficient (Wildman–Crippen LogP) is 4.69. The highest BCUT2D eigenvalue weighted by Gasteiger charge is 2.27. The van der Waals surface area contributed by atoms with Gasteiger partial charge >= 0.3 is 0 Å². The summed E-state index contributed by atoms with van der Waals surface area (Å²) in [7, 11) is 0. The van der Waals surface area contributed by atoms with E-state index < -0.39 is 0 Å². The molecule has 2 heterocycles. The van der Waals surface area contributed by atoms with E-state index >= 15 is 0 Å². The molecule has 1 aliphatic heterocycles. The van der Waals surface area contributed by atoms with Crippen molar-refractivity contribution in [2.24, 2.45) is 5.92 Å². The van der Waals surface area contributed by atoms with Crippen molar-refractivity contribution >= 4 is 11.6 Å². The minimum Gasteiger partial charge on any atom is -0.398 e. The van der Waals surface area contributed by atoms with E-state index in [0.29, 0.717) is 23.7 Å². The molecule has 1 amide bonds. The Morgan fingerprint density at radius 3 is 2.20 bits per heavy atom. The van der Waals surface area contributed by atoms with Crippen molar-refractivity contribution in [1.29, 1.82) is 0 Å². The molecular formula is C29H31N5O. The van der Waals surface area contributed by atoms with Gasteiger partial charge in [-0.05, 0) is 67.2 Å². The van der Waals surface area contributed by atoms with Crippen LogP contribution in [0.3, 0.4) is 0 Å². The number of piperidine rings is 1. The molecule has 1 saturated heterocycles. The quantitative estimate of drug-likeness (QED) is 0.389. The molecule has 0 bridgehead atoms. The maximum atomic E-state index is 12.9. The molecule has 0 radical (unpaired) electrons. The number of carbonyl (C=O) groups is 1. The summed E-state index contributed by atoms with van der Waals surface area (Å²) < 4.78 is 1.72. The van der Waals surface area contributed by atoms with Crippen LogP contribution in [0.25, 0.3) is 5.69 Å². The first-order chi connectivity index (χ1) is 17.2. The highest BCUT2D eigenvalue weighted by molar-refractivity contribution is 5.99. The molecule has 3 aromatic carbocycles. The van der Waals surface area contributed by atoms with Crippen LogP contribution in [0, 0.1) is 5.92 Å². The minimum absolute atomic E-state index is 0.134. The van der Waals surface area contributed by atoms with Crippen molar-refractivity contribution in [1.82, 2.24) is 20.0 Å². The lowest BCUT2D eigenvalue weighted by atomic mass is 9.91. The normalized spacial score (nSPS) is 14.8. The first-order valence-electron chi connectivity index (χ1n) is 12.2. The van der Waals surface area contributed by atoms with Crippen molar-refractivity contribution in [3.05, 3.63) is 114 Å². The first kappa shape index (κ1) is 22.9. The van der Waals surface area contributed by atoms with Crippen LogP contribution in [-0.2, 0) is 0 Å². The molecule has 1 aromatic heterocycles. The van der Waals surface area contributed by atoms with Crippen molar-refractivity contribution in [2.75, 3.05) is 25.4 Å². The van der Waals surface area contributed by atoms with Gasteiger partial charge in [-0.1, -0.05) is 60.7 Å². The molecule has 5 rings (SSSR count). The van der Waals surface area contributed by atoms with E-state index in [4.69, 9.17) is 5.73 Å². The van der Waals surface area contributed by atoms with Crippen LogP contribution in [0.4, 0.5) is 5.69 Å². The van der Waals surface area contributed by atoms with E-state index in [2.05, 4.69) is 76.0 Å². The Bertz CT molecular complexity index is 1190. The van der Waals surface area contributed by atoms with Crippen LogP contribution in [0.1, 0.15) is 40.4 Å². The summed E-state index contributed by atoms with van der Waals surface area (Å²) in [6.45, 7) is 2.64. The molecule has 0 aliphatic carbocycles.